The summed E-state index contributed by atoms with van der Waals surface area (Å²) in [5, 5.41) is 0. The number of benzene rings is 2. The van der Waals surface area contributed by atoms with E-state index in [2.05, 4.69) is 18.2 Å². The van der Waals surface area contributed by atoms with E-state index < -0.39 is 0 Å². The molecule has 0 aromatic heterocycles. The van der Waals surface area contributed by atoms with Crippen molar-refractivity contribution in [2.24, 2.45) is 0 Å². The molecule has 2 aromatic rings. The van der Waals surface area contributed by atoms with E-state index in [1.165, 1.54) is 0 Å². The number of fused-ring (bicyclic) bond motifs is 2. The minimum absolute atomic E-state index is 0.332. The number of quaternary nitrogens is 1. The van der Waals surface area contributed by atoms with Gasteiger partial charge >= 0.3 is 6.09 Å². The molecular formula is C22H23N2O3+. The van der Waals surface area contributed by atoms with Gasteiger partial charge in [-0.1, -0.05) is 30.3 Å². The number of hydrogen-bond donors (Lipinski definition) is 0. The van der Waals surface area contributed by atoms with Gasteiger partial charge in [-0.15, -0.1) is 0 Å². The van der Waals surface area contributed by atoms with Gasteiger partial charge in [-0.25, -0.2) is 4.79 Å². The summed E-state index contributed by atoms with van der Waals surface area (Å²) in [6.07, 6.45) is 5.70. The Morgan fingerprint density at radius 2 is 1.93 bits per heavy atom. The highest BCUT2D eigenvalue weighted by molar-refractivity contribution is 5.70. The Labute approximate surface area is 159 Å². The van der Waals surface area contributed by atoms with Gasteiger partial charge in [0.1, 0.15) is 24.6 Å². The number of nitrogens with zero attached hydrogens (tertiary/aromatic N) is 2. The van der Waals surface area contributed by atoms with Gasteiger partial charge in [0, 0.05) is 18.2 Å². The Balaban J connectivity index is 1.58. The Morgan fingerprint density at radius 3 is 2.74 bits per heavy atom. The molecule has 0 saturated heterocycles. The summed E-state index contributed by atoms with van der Waals surface area (Å²) < 4.78 is 12.1. The van der Waals surface area contributed by atoms with Crippen LogP contribution in [0.15, 0.2) is 78.7 Å². The van der Waals surface area contributed by atoms with Gasteiger partial charge in [0.05, 0.1) is 0 Å². The van der Waals surface area contributed by atoms with Crippen molar-refractivity contribution in [3.05, 3.63) is 84.3 Å². The van der Waals surface area contributed by atoms with E-state index in [0.717, 1.165) is 30.1 Å². The molecule has 5 nitrogen and oxygen atoms in total. The summed E-state index contributed by atoms with van der Waals surface area (Å²) in [7, 11) is 0. The molecular weight excluding hydrogens is 340 g/mol. The third-order valence-corrected chi connectivity index (χ3v) is 5.07. The predicted octanol–water partition coefficient (Wildman–Crippen LogP) is 4.29. The van der Waals surface area contributed by atoms with Gasteiger partial charge in [0.2, 0.25) is 0 Å². The number of para-hydroxylation sites is 2. The summed E-state index contributed by atoms with van der Waals surface area (Å²) in [6, 6.07) is 17.3. The van der Waals surface area contributed by atoms with E-state index in [1.54, 1.807) is 17.0 Å². The fourth-order valence-electron chi connectivity index (χ4n) is 3.60. The topological polar surface area (TPSA) is 38.8 Å². The molecule has 1 atom stereocenters. The Bertz CT molecular complexity index is 891. The molecule has 27 heavy (non-hydrogen) atoms. The third-order valence-electron chi connectivity index (χ3n) is 5.07. The molecule has 0 saturated carbocycles. The minimum Gasteiger partial charge on any atom is -0.458 e. The van der Waals surface area contributed by atoms with Crippen molar-refractivity contribution in [1.82, 2.24) is 4.90 Å². The first-order valence-corrected chi connectivity index (χ1v) is 9.20. The molecule has 1 unspecified atom stereocenters. The van der Waals surface area contributed by atoms with Gasteiger partial charge in [-0.05, 0) is 37.3 Å². The second kappa shape index (κ2) is 7.29. The van der Waals surface area contributed by atoms with Crippen LogP contribution >= 0.6 is 0 Å². The minimum atomic E-state index is -0.332. The lowest BCUT2D eigenvalue weighted by atomic mass is 10.1. The maximum absolute atomic E-state index is 12.8. The molecule has 2 aliphatic rings. The van der Waals surface area contributed by atoms with E-state index in [1.807, 2.05) is 49.6 Å². The molecule has 0 bridgehead atoms. The molecule has 5 heteroatoms. The quantitative estimate of drug-likeness (QED) is 0.761. The maximum atomic E-state index is 12.8. The van der Waals surface area contributed by atoms with E-state index in [9.17, 15) is 4.79 Å². The number of amides is 1. The third kappa shape index (κ3) is 3.46. The van der Waals surface area contributed by atoms with E-state index in [0.29, 0.717) is 23.4 Å². The van der Waals surface area contributed by atoms with Gasteiger partial charge in [0.15, 0.2) is 18.6 Å². The van der Waals surface area contributed by atoms with Crippen LogP contribution in [0.2, 0.25) is 0 Å². The van der Waals surface area contributed by atoms with Crippen LogP contribution < -0.4 is 9.47 Å². The van der Waals surface area contributed by atoms with E-state index in [-0.39, 0.29) is 6.09 Å². The normalized spacial score (nSPS) is 20.0. The van der Waals surface area contributed by atoms with Crippen LogP contribution in [0.3, 0.4) is 0 Å². The number of carbonyl (C=O) groups is 1. The highest BCUT2D eigenvalue weighted by atomic mass is 16.6. The largest absolute Gasteiger partial charge is 0.458 e. The first-order chi connectivity index (χ1) is 13.2. The zero-order chi connectivity index (χ0) is 18.7. The van der Waals surface area contributed by atoms with Crippen molar-refractivity contribution >= 4 is 6.09 Å². The fraction of sp³-hybridized carbons (Fsp3) is 0.227. The van der Waals surface area contributed by atoms with Gasteiger partial charge in [-0.3, -0.25) is 9.38 Å². The first-order valence-electron chi connectivity index (χ1n) is 9.20. The van der Waals surface area contributed by atoms with Gasteiger partial charge in [-0.2, -0.15) is 0 Å². The lowest BCUT2D eigenvalue weighted by molar-refractivity contribution is -0.901. The number of rotatable bonds is 4. The second-order valence-corrected chi connectivity index (χ2v) is 6.84. The zero-order valence-corrected chi connectivity index (χ0v) is 15.4. The first kappa shape index (κ1) is 17.4. The van der Waals surface area contributed by atoms with Crippen molar-refractivity contribution in [3.8, 4) is 11.5 Å². The smallest absolute Gasteiger partial charge is 0.419 e. The second-order valence-electron chi connectivity index (χ2n) is 6.84. The molecule has 0 radical (unpaired) electrons. The van der Waals surface area contributed by atoms with Crippen LogP contribution in [0.1, 0.15) is 12.5 Å². The fourth-order valence-corrected chi connectivity index (χ4v) is 3.60. The molecule has 2 aliphatic heterocycles. The standard InChI is InChI=1S/C22H23N2O3/c1-2-23(22(25)27-20-11-4-3-5-12-20)17-24-14-8-10-19(24)16-26-21-13-7-6-9-18(21)15-24/h3-13,16H,2,14-15,17H2,1H3/q+1. The Morgan fingerprint density at radius 1 is 1.15 bits per heavy atom. The van der Waals surface area contributed by atoms with Crippen molar-refractivity contribution < 1.29 is 18.8 Å². The number of ether oxygens (including phenoxy) is 2. The van der Waals surface area contributed by atoms with Crippen molar-refractivity contribution in [2.75, 3.05) is 19.8 Å². The lowest BCUT2D eigenvalue weighted by Crippen LogP contribution is -2.53. The highest BCUT2D eigenvalue weighted by Gasteiger charge is 2.40. The van der Waals surface area contributed by atoms with E-state index >= 15 is 0 Å². The monoisotopic (exact) mass is 363 g/mol. The summed E-state index contributed by atoms with van der Waals surface area (Å²) in [5.74, 6) is 1.43. The number of hydrogen-bond acceptors (Lipinski definition) is 3. The van der Waals surface area contributed by atoms with Crippen LogP contribution in [0.5, 0.6) is 11.5 Å². The number of allylic oxidation sites excluding steroid dienone is 1. The van der Waals surface area contributed by atoms with Crippen molar-refractivity contribution in [2.45, 2.75) is 13.5 Å². The molecule has 2 heterocycles. The number of carbonyl (C=O) groups excluding carboxylic acids is 1. The van der Waals surface area contributed by atoms with Crippen LogP contribution in [0.25, 0.3) is 0 Å². The molecule has 0 spiro atoms. The zero-order valence-electron chi connectivity index (χ0n) is 15.4. The predicted molar refractivity (Wildman–Crippen MR) is 103 cm³/mol. The molecule has 2 aromatic carbocycles. The average molecular weight is 363 g/mol. The summed E-state index contributed by atoms with van der Waals surface area (Å²) in [4.78, 5) is 14.5. The maximum Gasteiger partial charge on any atom is 0.419 e. The summed E-state index contributed by atoms with van der Waals surface area (Å²) in [5.41, 5.74) is 2.21. The van der Waals surface area contributed by atoms with Crippen molar-refractivity contribution in [3.63, 3.8) is 0 Å². The molecule has 0 fully saturated rings. The molecule has 138 valence electrons. The Hall–Kier alpha value is -3.05. The summed E-state index contributed by atoms with van der Waals surface area (Å²) in [6.45, 7) is 4.66. The van der Waals surface area contributed by atoms with Crippen LogP contribution in [0, 0.1) is 0 Å². The van der Waals surface area contributed by atoms with Crippen molar-refractivity contribution in [1.29, 1.82) is 0 Å². The molecule has 1 amide bonds. The highest BCUT2D eigenvalue weighted by Crippen LogP contribution is 2.35. The molecule has 0 aliphatic carbocycles. The van der Waals surface area contributed by atoms with Crippen LogP contribution in [-0.4, -0.2) is 35.2 Å². The Kier molecular flexibility index (Phi) is 4.69. The molecule has 4 rings (SSSR count). The molecule has 0 N–H and O–H groups in total. The van der Waals surface area contributed by atoms with Crippen LogP contribution in [0.4, 0.5) is 4.79 Å². The van der Waals surface area contributed by atoms with Gasteiger partial charge in [0.25, 0.3) is 0 Å². The lowest BCUT2D eigenvalue weighted by Gasteiger charge is -2.37. The van der Waals surface area contributed by atoms with E-state index in [4.69, 9.17) is 9.47 Å². The average Bonchev–Trinajstić information content (AvgIpc) is 3.01. The SMILES string of the molecule is CCN(C[N+]12CC=CC1=COc1ccccc1C2)C(=O)Oc1ccccc1. The summed E-state index contributed by atoms with van der Waals surface area (Å²) >= 11 is 0. The van der Waals surface area contributed by atoms with Gasteiger partial charge < -0.3 is 9.47 Å². The van der Waals surface area contributed by atoms with Crippen LogP contribution in [-0.2, 0) is 6.54 Å².